The van der Waals surface area contributed by atoms with Gasteiger partial charge in [-0.25, -0.2) is 5.84 Å². The van der Waals surface area contributed by atoms with E-state index in [1.54, 1.807) is 6.20 Å². The molecule has 0 spiro atoms. The van der Waals surface area contributed by atoms with E-state index in [4.69, 9.17) is 10.6 Å². The molecular formula is C12H12N6O. The van der Waals surface area contributed by atoms with E-state index in [-0.39, 0.29) is 5.95 Å². The highest BCUT2D eigenvalue weighted by Gasteiger charge is 2.11. The molecule has 0 bridgehead atoms. The van der Waals surface area contributed by atoms with Gasteiger partial charge in [0.2, 0.25) is 11.8 Å². The van der Waals surface area contributed by atoms with Crippen LogP contribution in [0.4, 0.5) is 5.95 Å². The van der Waals surface area contributed by atoms with Gasteiger partial charge in [0.1, 0.15) is 11.1 Å². The minimum atomic E-state index is 0.263. The van der Waals surface area contributed by atoms with Gasteiger partial charge in [-0.2, -0.15) is 15.1 Å². The topological polar surface area (TPSA) is 102 Å². The number of hydrazine groups is 1. The minimum Gasteiger partial charge on any atom is -0.438 e. The fourth-order valence-electron chi connectivity index (χ4n) is 1.74. The van der Waals surface area contributed by atoms with Crippen molar-refractivity contribution in [2.45, 2.75) is 6.92 Å². The van der Waals surface area contributed by atoms with Crippen LogP contribution in [0.15, 0.2) is 30.5 Å². The number of aromatic amines is 1. The molecule has 2 aromatic heterocycles. The van der Waals surface area contributed by atoms with Crippen molar-refractivity contribution in [2.24, 2.45) is 5.84 Å². The third-order valence-corrected chi connectivity index (χ3v) is 2.61. The highest BCUT2D eigenvalue weighted by molar-refractivity contribution is 5.80. The summed E-state index contributed by atoms with van der Waals surface area (Å²) in [4.78, 5) is 8.32. The van der Waals surface area contributed by atoms with Gasteiger partial charge < -0.3 is 4.74 Å². The summed E-state index contributed by atoms with van der Waals surface area (Å²) in [5.74, 6) is 6.69. The van der Waals surface area contributed by atoms with Gasteiger partial charge in [0.05, 0.1) is 6.20 Å². The van der Waals surface area contributed by atoms with Gasteiger partial charge in [-0.3, -0.25) is 10.5 Å². The first kappa shape index (κ1) is 11.4. The molecule has 0 fully saturated rings. The van der Waals surface area contributed by atoms with Gasteiger partial charge in [-0.05, 0) is 24.6 Å². The second-order valence-corrected chi connectivity index (χ2v) is 4.05. The third-order valence-electron chi connectivity index (χ3n) is 2.61. The predicted molar refractivity (Wildman–Crippen MR) is 70.7 cm³/mol. The van der Waals surface area contributed by atoms with Crippen molar-refractivity contribution in [2.75, 3.05) is 5.43 Å². The molecule has 0 radical (unpaired) electrons. The standard InChI is InChI=1S/C12H12N6O/c1-7-3-2-4-8(5-7)19-11-9-6-14-18-10(9)15-12(16-11)17-13/h2-6H,13H2,1H3,(H2,14,15,16,17,18). The van der Waals surface area contributed by atoms with Crippen molar-refractivity contribution in [1.29, 1.82) is 0 Å². The van der Waals surface area contributed by atoms with E-state index in [0.717, 1.165) is 5.56 Å². The van der Waals surface area contributed by atoms with E-state index >= 15 is 0 Å². The summed E-state index contributed by atoms with van der Waals surface area (Å²) in [6.45, 7) is 1.99. The molecule has 7 nitrogen and oxygen atoms in total. The van der Waals surface area contributed by atoms with E-state index < -0.39 is 0 Å². The second-order valence-electron chi connectivity index (χ2n) is 4.05. The van der Waals surface area contributed by atoms with Crippen molar-refractivity contribution < 1.29 is 4.74 Å². The molecule has 96 valence electrons. The number of nitrogen functional groups attached to an aromatic ring is 1. The Hall–Kier alpha value is -2.67. The van der Waals surface area contributed by atoms with Gasteiger partial charge >= 0.3 is 0 Å². The molecule has 0 saturated carbocycles. The SMILES string of the molecule is Cc1cccc(Oc2nc(NN)nc3[nH]ncc23)c1. The number of rotatable bonds is 3. The smallest absolute Gasteiger partial charge is 0.242 e. The van der Waals surface area contributed by atoms with E-state index in [9.17, 15) is 0 Å². The normalized spacial score (nSPS) is 10.6. The largest absolute Gasteiger partial charge is 0.438 e. The van der Waals surface area contributed by atoms with Crippen LogP contribution >= 0.6 is 0 Å². The highest BCUT2D eigenvalue weighted by Crippen LogP contribution is 2.27. The molecule has 3 rings (SSSR count). The number of hydrogen-bond acceptors (Lipinski definition) is 6. The molecule has 0 aliphatic rings. The van der Waals surface area contributed by atoms with Crippen LogP contribution in [-0.4, -0.2) is 20.2 Å². The Kier molecular flexibility index (Phi) is 2.73. The maximum Gasteiger partial charge on any atom is 0.242 e. The Morgan fingerprint density at radius 2 is 2.21 bits per heavy atom. The summed E-state index contributed by atoms with van der Waals surface area (Å²) in [5, 5.41) is 7.37. The van der Waals surface area contributed by atoms with E-state index in [0.29, 0.717) is 22.7 Å². The molecule has 0 aliphatic carbocycles. The minimum absolute atomic E-state index is 0.263. The fraction of sp³-hybridized carbons (Fsp3) is 0.0833. The Morgan fingerprint density at radius 1 is 1.32 bits per heavy atom. The molecule has 0 amide bonds. The van der Waals surface area contributed by atoms with Crippen LogP contribution in [0.3, 0.4) is 0 Å². The maximum atomic E-state index is 5.77. The lowest BCUT2D eigenvalue weighted by Crippen LogP contribution is -2.10. The number of anilines is 1. The first-order valence-corrected chi connectivity index (χ1v) is 5.68. The van der Waals surface area contributed by atoms with Gasteiger partial charge in [-0.1, -0.05) is 12.1 Å². The van der Waals surface area contributed by atoms with Gasteiger partial charge in [-0.15, -0.1) is 0 Å². The maximum absolute atomic E-state index is 5.77. The van der Waals surface area contributed by atoms with Gasteiger partial charge in [0.25, 0.3) is 0 Å². The molecule has 3 aromatic rings. The number of nitrogens with zero attached hydrogens (tertiary/aromatic N) is 3. The van der Waals surface area contributed by atoms with Crippen LogP contribution in [-0.2, 0) is 0 Å². The van der Waals surface area contributed by atoms with Crippen molar-refractivity contribution in [1.82, 2.24) is 20.2 Å². The van der Waals surface area contributed by atoms with Gasteiger partial charge in [0, 0.05) is 0 Å². The summed E-state index contributed by atoms with van der Waals surface area (Å²) in [7, 11) is 0. The van der Waals surface area contributed by atoms with Crippen LogP contribution in [0.2, 0.25) is 0 Å². The van der Waals surface area contributed by atoms with Crippen molar-refractivity contribution >= 4 is 17.0 Å². The lowest BCUT2D eigenvalue weighted by molar-refractivity contribution is 0.468. The monoisotopic (exact) mass is 256 g/mol. The first-order valence-electron chi connectivity index (χ1n) is 5.68. The number of ether oxygens (including phenoxy) is 1. The number of H-pyrrole nitrogens is 1. The molecule has 0 unspecified atom stereocenters. The van der Waals surface area contributed by atoms with E-state index in [2.05, 4.69) is 25.6 Å². The van der Waals surface area contributed by atoms with Crippen LogP contribution in [0, 0.1) is 6.92 Å². The van der Waals surface area contributed by atoms with E-state index in [1.165, 1.54) is 0 Å². The average Bonchev–Trinajstić information content (AvgIpc) is 2.87. The van der Waals surface area contributed by atoms with Crippen molar-refractivity contribution in [3.05, 3.63) is 36.0 Å². The Balaban J connectivity index is 2.06. The summed E-state index contributed by atoms with van der Waals surface area (Å²) < 4.78 is 5.77. The number of fused-ring (bicyclic) bond motifs is 1. The van der Waals surface area contributed by atoms with Crippen molar-refractivity contribution in [3.8, 4) is 11.6 Å². The number of hydrogen-bond donors (Lipinski definition) is 3. The Bertz CT molecular complexity index is 723. The zero-order valence-corrected chi connectivity index (χ0v) is 10.2. The van der Waals surface area contributed by atoms with Crippen LogP contribution < -0.4 is 16.0 Å². The molecular weight excluding hydrogens is 244 g/mol. The zero-order valence-electron chi connectivity index (χ0n) is 10.2. The first-order chi connectivity index (χ1) is 9.26. The lowest BCUT2D eigenvalue weighted by Gasteiger charge is -2.07. The summed E-state index contributed by atoms with van der Waals surface area (Å²) in [6, 6.07) is 7.69. The second kappa shape index (κ2) is 4.54. The zero-order chi connectivity index (χ0) is 13.2. The van der Waals surface area contributed by atoms with Crippen LogP contribution in [0.1, 0.15) is 5.56 Å². The fourth-order valence-corrected chi connectivity index (χ4v) is 1.74. The number of aryl methyl sites for hydroxylation is 1. The molecule has 7 heteroatoms. The Labute approximate surface area is 108 Å². The molecule has 2 heterocycles. The molecule has 1 aromatic carbocycles. The van der Waals surface area contributed by atoms with Crippen LogP contribution in [0.25, 0.3) is 11.0 Å². The van der Waals surface area contributed by atoms with E-state index in [1.807, 2.05) is 31.2 Å². The molecule has 4 N–H and O–H groups in total. The van der Waals surface area contributed by atoms with Crippen LogP contribution in [0.5, 0.6) is 11.6 Å². The summed E-state index contributed by atoms with van der Waals surface area (Å²) in [6.07, 6.45) is 1.61. The average molecular weight is 256 g/mol. The summed E-state index contributed by atoms with van der Waals surface area (Å²) >= 11 is 0. The number of aromatic nitrogens is 4. The lowest BCUT2D eigenvalue weighted by atomic mass is 10.2. The quantitative estimate of drug-likeness (QED) is 0.487. The molecule has 0 saturated heterocycles. The number of benzene rings is 1. The number of nitrogens with two attached hydrogens (primary N) is 1. The molecule has 19 heavy (non-hydrogen) atoms. The molecule has 0 aliphatic heterocycles. The van der Waals surface area contributed by atoms with Gasteiger partial charge in [0.15, 0.2) is 5.65 Å². The third kappa shape index (κ3) is 2.18. The Morgan fingerprint density at radius 3 is 3.00 bits per heavy atom. The summed E-state index contributed by atoms with van der Waals surface area (Å²) in [5.41, 5.74) is 4.06. The van der Waals surface area contributed by atoms with Crippen molar-refractivity contribution in [3.63, 3.8) is 0 Å². The molecule has 0 atom stereocenters. The predicted octanol–water partition coefficient (Wildman–Crippen LogP) is 1.74. The highest BCUT2D eigenvalue weighted by atomic mass is 16.5. The number of nitrogens with one attached hydrogen (secondary N) is 2.